The normalized spacial score (nSPS) is 11.2. The predicted octanol–water partition coefficient (Wildman–Crippen LogP) is 7.96. The van der Waals surface area contributed by atoms with Gasteiger partial charge in [-0.2, -0.15) is 0 Å². The lowest BCUT2D eigenvalue weighted by atomic mass is 10.1. The molecule has 0 aliphatic heterocycles. The van der Waals surface area contributed by atoms with E-state index < -0.39 is 0 Å². The molecule has 0 N–H and O–H groups in total. The number of rotatable bonds is 9. The lowest BCUT2D eigenvalue weighted by Crippen LogP contribution is -1.79. The van der Waals surface area contributed by atoms with Gasteiger partial charge in [-0.25, -0.2) is 0 Å². The van der Waals surface area contributed by atoms with Crippen molar-refractivity contribution in [3.63, 3.8) is 0 Å². The molecule has 0 unspecified atom stereocenters. The Kier molecular flexibility index (Phi) is 9.12. The van der Waals surface area contributed by atoms with E-state index in [9.17, 15) is 0 Å². The number of allylic oxidation sites excluding steroid dienone is 1. The van der Waals surface area contributed by atoms with Crippen molar-refractivity contribution in [3.8, 4) is 11.1 Å². The zero-order valence-corrected chi connectivity index (χ0v) is 16.0. The van der Waals surface area contributed by atoms with Crippen LogP contribution >= 0.6 is 0 Å². The highest BCUT2D eigenvalue weighted by Crippen LogP contribution is 2.35. The van der Waals surface area contributed by atoms with Crippen LogP contribution in [0.25, 0.3) is 11.1 Å². The number of hydrogen-bond acceptors (Lipinski definition) is 0. The molecule has 0 heterocycles. The Morgan fingerprint density at radius 2 is 1.20 bits per heavy atom. The SMILES string of the molecule is C=CCCCCCCCCCC.c1ccc2c(c1)Cc1ccccc1-2. The molecule has 0 amide bonds. The number of hydrogen-bond donors (Lipinski definition) is 0. The van der Waals surface area contributed by atoms with E-state index in [1.807, 2.05) is 6.08 Å². The van der Waals surface area contributed by atoms with Gasteiger partial charge in [-0.15, -0.1) is 6.58 Å². The van der Waals surface area contributed by atoms with Crippen molar-refractivity contribution >= 4 is 0 Å². The first kappa shape index (κ1) is 19.5. The maximum absolute atomic E-state index is 3.72. The fourth-order valence-corrected chi connectivity index (χ4v) is 3.50. The molecule has 3 rings (SSSR count). The predicted molar refractivity (Wildman–Crippen MR) is 112 cm³/mol. The molecule has 0 bridgehead atoms. The summed E-state index contributed by atoms with van der Waals surface area (Å²) in [6, 6.07) is 17.3. The number of fused-ring (bicyclic) bond motifs is 3. The lowest BCUT2D eigenvalue weighted by molar-refractivity contribution is 0.578. The van der Waals surface area contributed by atoms with Crippen molar-refractivity contribution in [1.29, 1.82) is 0 Å². The highest BCUT2D eigenvalue weighted by Gasteiger charge is 2.15. The molecule has 2 aromatic carbocycles. The largest absolute Gasteiger partial charge is 0.103 e. The minimum Gasteiger partial charge on any atom is -0.103 e. The smallest absolute Gasteiger partial charge is 0.00135 e. The third-order valence-corrected chi connectivity index (χ3v) is 4.97. The van der Waals surface area contributed by atoms with Gasteiger partial charge in [0.2, 0.25) is 0 Å². The van der Waals surface area contributed by atoms with Crippen LogP contribution in [-0.4, -0.2) is 0 Å². The second kappa shape index (κ2) is 11.7. The summed E-state index contributed by atoms with van der Waals surface area (Å²) in [5.41, 5.74) is 5.75. The molecule has 0 spiro atoms. The Balaban J connectivity index is 0.000000182. The van der Waals surface area contributed by atoms with Crippen LogP contribution in [0.3, 0.4) is 0 Å². The topological polar surface area (TPSA) is 0 Å². The van der Waals surface area contributed by atoms with Crippen LogP contribution in [0.4, 0.5) is 0 Å². The van der Waals surface area contributed by atoms with Crippen LogP contribution in [0.2, 0.25) is 0 Å². The van der Waals surface area contributed by atoms with Gasteiger partial charge in [-0.05, 0) is 41.5 Å². The van der Waals surface area contributed by atoms with Gasteiger partial charge in [0.15, 0.2) is 0 Å². The maximum atomic E-state index is 3.72. The summed E-state index contributed by atoms with van der Waals surface area (Å²) < 4.78 is 0. The van der Waals surface area contributed by atoms with E-state index in [1.54, 1.807) is 0 Å². The third-order valence-electron chi connectivity index (χ3n) is 4.97. The molecule has 1 aliphatic carbocycles. The maximum Gasteiger partial charge on any atom is -0.00135 e. The van der Waals surface area contributed by atoms with Crippen LogP contribution in [-0.2, 0) is 6.42 Å². The second-order valence-electron chi connectivity index (χ2n) is 7.04. The van der Waals surface area contributed by atoms with Crippen LogP contribution in [0.5, 0.6) is 0 Å². The van der Waals surface area contributed by atoms with Gasteiger partial charge in [0.05, 0.1) is 0 Å². The summed E-state index contributed by atoms with van der Waals surface area (Å²) >= 11 is 0. The molecule has 0 fully saturated rings. The number of unbranched alkanes of at least 4 members (excludes halogenated alkanes) is 8. The Labute approximate surface area is 155 Å². The molecule has 0 heteroatoms. The van der Waals surface area contributed by atoms with Gasteiger partial charge in [-0.3, -0.25) is 0 Å². The van der Waals surface area contributed by atoms with Crippen molar-refractivity contribution < 1.29 is 0 Å². The fourth-order valence-electron chi connectivity index (χ4n) is 3.50. The molecular weight excluding hydrogens is 300 g/mol. The standard InChI is InChI=1S/C13H10.C12H24/c1-3-7-12-10(5-1)9-11-6-2-4-8-13(11)12;1-3-5-7-9-11-12-10-8-6-4-2/h1-8H,9H2;3H,1,4-12H2,2H3. The Morgan fingerprint density at radius 1 is 0.720 bits per heavy atom. The van der Waals surface area contributed by atoms with Gasteiger partial charge < -0.3 is 0 Å². The Hall–Kier alpha value is -1.82. The third kappa shape index (κ3) is 6.53. The minimum atomic E-state index is 1.10. The molecule has 0 saturated carbocycles. The van der Waals surface area contributed by atoms with Gasteiger partial charge >= 0.3 is 0 Å². The summed E-state index contributed by atoms with van der Waals surface area (Å²) in [6.07, 6.45) is 15.6. The van der Waals surface area contributed by atoms with Gasteiger partial charge in [0.25, 0.3) is 0 Å². The van der Waals surface area contributed by atoms with E-state index in [4.69, 9.17) is 0 Å². The highest BCUT2D eigenvalue weighted by molar-refractivity contribution is 5.76. The molecule has 0 saturated heterocycles. The Bertz CT molecular complexity index is 580. The zero-order valence-electron chi connectivity index (χ0n) is 16.0. The van der Waals surface area contributed by atoms with Crippen LogP contribution < -0.4 is 0 Å². The van der Waals surface area contributed by atoms with Crippen molar-refractivity contribution in [2.45, 2.75) is 71.1 Å². The van der Waals surface area contributed by atoms with Gasteiger partial charge in [-0.1, -0.05) is 106 Å². The van der Waals surface area contributed by atoms with E-state index in [0.29, 0.717) is 0 Å². The summed E-state index contributed by atoms with van der Waals surface area (Å²) in [5.74, 6) is 0. The monoisotopic (exact) mass is 334 g/mol. The molecule has 0 radical (unpaired) electrons. The van der Waals surface area contributed by atoms with E-state index in [1.165, 1.54) is 80.0 Å². The average Bonchev–Trinajstić information content (AvgIpc) is 3.03. The molecule has 134 valence electrons. The molecule has 0 aromatic heterocycles. The van der Waals surface area contributed by atoms with Crippen LogP contribution in [0, 0.1) is 0 Å². The van der Waals surface area contributed by atoms with Crippen molar-refractivity contribution in [3.05, 3.63) is 72.3 Å². The van der Waals surface area contributed by atoms with Gasteiger partial charge in [0.1, 0.15) is 0 Å². The summed E-state index contributed by atoms with van der Waals surface area (Å²) in [4.78, 5) is 0. The molecule has 25 heavy (non-hydrogen) atoms. The van der Waals surface area contributed by atoms with Crippen LogP contribution in [0.15, 0.2) is 61.2 Å². The molecular formula is C25H34. The van der Waals surface area contributed by atoms with E-state index in [0.717, 1.165) is 6.42 Å². The van der Waals surface area contributed by atoms with Crippen LogP contribution in [0.1, 0.15) is 75.8 Å². The first-order chi connectivity index (χ1) is 12.4. The summed E-state index contributed by atoms with van der Waals surface area (Å²) in [5, 5.41) is 0. The van der Waals surface area contributed by atoms with E-state index in [2.05, 4.69) is 62.0 Å². The molecule has 0 atom stereocenters. The average molecular weight is 335 g/mol. The molecule has 2 aromatic rings. The fraction of sp³-hybridized carbons (Fsp3) is 0.440. The first-order valence-corrected chi connectivity index (χ1v) is 10.1. The van der Waals surface area contributed by atoms with Gasteiger partial charge in [0, 0.05) is 0 Å². The highest BCUT2D eigenvalue weighted by atomic mass is 14.2. The summed E-state index contributed by atoms with van der Waals surface area (Å²) in [7, 11) is 0. The second-order valence-corrected chi connectivity index (χ2v) is 7.04. The minimum absolute atomic E-state index is 1.10. The van der Waals surface area contributed by atoms with E-state index >= 15 is 0 Å². The van der Waals surface area contributed by atoms with E-state index in [-0.39, 0.29) is 0 Å². The summed E-state index contributed by atoms with van der Waals surface area (Å²) in [6.45, 7) is 5.99. The first-order valence-electron chi connectivity index (χ1n) is 10.1. The number of benzene rings is 2. The molecule has 1 aliphatic rings. The zero-order chi connectivity index (χ0) is 17.7. The van der Waals surface area contributed by atoms with Crippen molar-refractivity contribution in [1.82, 2.24) is 0 Å². The lowest BCUT2D eigenvalue weighted by Gasteiger charge is -1.99. The van der Waals surface area contributed by atoms with Crippen molar-refractivity contribution in [2.24, 2.45) is 0 Å². The quantitative estimate of drug-likeness (QED) is 0.275. The Morgan fingerprint density at radius 3 is 1.72 bits per heavy atom. The molecule has 0 nitrogen and oxygen atoms in total. The van der Waals surface area contributed by atoms with Crippen molar-refractivity contribution in [2.75, 3.05) is 0 Å².